The first kappa shape index (κ1) is 24.8. The minimum absolute atomic E-state index is 0.0151. The van der Waals surface area contributed by atoms with E-state index in [4.69, 9.17) is 4.74 Å². The van der Waals surface area contributed by atoms with Crippen molar-refractivity contribution in [2.45, 2.75) is 6.92 Å². The molecule has 1 heterocycles. The standard InChI is InChI=1S/C26H24N8O3/c1-18(16-19-6-4-3-5-7-19)17-27-33-26-31-24(28-20-8-12-22(13-9-20)34(35)36)30-25(32-26)29-21-10-14-23(37-2)15-11-21/h3-17H,1-2H3,(H3,28,29,30,31,32,33)/b18-16+,27-17+. The third-order valence-corrected chi connectivity index (χ3v) is 4.94. The summed E-state index contributed by atoms with van der Waals surface area (Å²) in [6, 6.07) is 23.1. The van der Waals surface area contributed by atoms with E-state index < -0.39 is 4.92 Å². The van der Waals surface area contributed by atoms with Gasteiger partial charge in [0.05, 0.1) is 18.2 Å². The highest BCUT2D eigenvalue weighted by molar-refractivity contribution is 5.85. The third-order valence-electron chi connectivity index (χ3n) is 4.94. The normalized spacial score (nSPS) is 11.2. The summed E-state index contributed by atoms with van der Waals surface area (Å²) in [6.07, 6.45) is 3.66. The van der Waals surface area contributed by atoms with Gasteiger partial charge in [0, 0.05) is 23.5 Å². The van der Waals surface area contributed by atoms with E-state index in [0.717, 1.165) is 22.6 Å². The molecule has 0 fully saturated rings. The Morgan fingerprint density at radius 2 is 1.43 bits per heavy atom. The zero-order chi connectivity index (χ0) is 26.0. The van der Waals surface area contributed by atoms with Crippen molar-refractivity contribution in [3.8, 4) is 5.75 Å². The van der Waals surface area contributed by atoms with Crippen molar-refractivity contribution in [2.75, 3.05) is 23.2 Å². The number of hydrogen-bond acceptors (Lipinski definition) is 10. The van der Waals surface area contributed by atoms with Gasteiger partial charge in [0.1, 0.15) is 5.75 Å². The highest BCUT2D eigenvalue weighted by atomic mass is 16.6. The molecule has 4 rings (SSSR count). The van der Waals surface area contributed by atoms with Crippen molar-refractivity contribution < 1.29 is 9.66 Å². The fraction of sp³-hybridized carbons (Fsp3) is 0.0769. The fourth-order valence-corrected chi connectivity index (χ4v) is 3.18. The molecule has 3 aromatic carbocycles. The number of benzene rings is 3. The first-order chi connectivity index (χ1) is 18.0. The SMILES string of the molecule is COc1ccc(Nc2nc(N/N=C/C(C)=C/c3ccccc3)nc(Nc3ccc([N+](=O)[O-])cc3)n2)cc1. The molecule has 0 radical (unpaired) electrons. The Hall–Kier alpha value is -5.32. The van der Waals surface area contributed by atoms with Gasteiger partial charge in [-0.1, -0.05) is 36.4 Å². The van der Waals surface area contributed by atoms with Gasteiger partial charge in [-0.2, -0.15) is 20.1 Å². The van der Waals surface area contributed by atoms with Crippen LogP contribution in [0, 0.1) is 10.1 Å². The summed E-state index contributed by atoms with van der Waals surface area (Å²) in [7, 11) is 1.60. The van der Waals surface area contributed by atoms with Gasteiger partial charge in [0.15, 0.2) is 0 Å². The molecule has 186 valence electrons. The maximum absolute atomic E-state index is 10.9. The molecular formula is C26H24N8O3. The number of hydrazone groups is 1. The Bertz CT molecular complexity index is 1410. The third kappa shape index (κ3) is 7.33. The summed E-state index contributed by atoms with van der Waals surface area (Å²) >= 11 is 0. The van der Waals surface area contributed by atoms with E-state index in [9.17, 15) is 10.1 Å². The lowest BCUT2D eigenvalue weighted by atomic mass is 10.1. The van der Waals surface area contributed by atoms with E-state index in [1.165, 1.54) is 12.1 Å². The zero-order valence-electron chi connectivity index (χ0n) is 20.1. The highest BCUT2D eigenvalue weighted by Gasteiger charge is 2.09. The molecule has 0 amide bonds. The molecule has 0 bridgehead atoms. The van der Waals surface area contributed by atoms with Gasteiger partial charge in [-0.25, -0.2) is 5.43 Å². The number of nitrogens with one attached hydrogen (secondary N) is 3. The predicted molar refractivity (Wildman–Crippen MR) is 145 cm³/mol. The largest absolute Gasteiger partial charge is 0.497 e. The van der Waals surface area contributed by atoms with Crippen LogP contribution in [-0.2, 0) is 0 Å². The van der Waals surface area contributed by atoms with Crippen LogP contribution in [0.1, 0.15) is 12.5 Å². The first-order valence-electron chi connectivity index (χ1n) is 11.2. The molecule has 4 aromatic rings. The van der Waals surface area contributed by atoms with Crippen LogP contribution < -0.4 is 20.8 Å². The number of nitrogens with zero attached hydrogens (tertiary/aromatic N) is 5. The van der Waals surface area contributed by atoms with Gasteiger partial charge < -0.3 is 15.4 Å². The molecule has 3 N–H and O–H groups in total. The lowest BCUT2D eigenvalue weighted by Gasteiger charge is -2.10. The molecule has 0 saturated carbocycles. The van der Waals surface area contributed by atoms with Crippen molar-refractivity contribution in [3.63, 3.8) is 0 Å². The van der Waals surface area contributed by atoms with Crippen LogP contribution in [-0.4, -0.2) is 33.2 Å². The molecule has 1 aromatic heterocycles. The topological polar surface area (TPSA) is 139 Å². The van der Waals surface area contributed by atoms with Crippen LogP contribution in [0.25, 0.3) is 6.08 Å². The van der Waals surface area contributed by atoms with Crippen molar-refractivity contribution >= 4 is 47.2 Å². The van der Waals surface area contributed by atoms with Crippen LogP contribution >= 0.6 is 0 Å². The average Bonchev–Trinajstić information content (AvgIpc) is 2.90. The van der Waals surface area contributed by atoms with Crippen LogP contribution in [0.4, 0.5) is 34.9 Å². The molecular weight excluding hydrogens is 472 g/mol. The number of nitro groups is 1. The molecule has 37 heavy (non-hydrogen) atoms. The predicted octanol–water partition coefficient (Wildman–Crippen LogP) is 5.78. The maximum atomic E-state index is 10.9. The van der Waals surface area contributed by atoms with Crippen LogP contribution in [0.15, 0.2) is 89.5 Å². The zero-order valence-corrected chi connectivity index (χ0v) is 20.1. The van der Waals surface area contributed by atoms with Crippen LogP contribution in [0.3, 0.4) is 0 Å². The lowest BCUT2D eigenvalue weighted by Crippen LogP contribution is -2.07. The number of anilines is 5. The summed E-state index contributed by atoms with van der Waals surface area (Å²) in [5, 5.41) is 21.3. The summed E-state index contributed by atoms with van der Waals surface area (Å²) in [5.41, 5.74) is 6.12. The Morgan fingerprint density at radius 1 is 0.865 bits per heavy atom. The number of allylic oxidation sites excluding steroid dienone is 1. The average molecular weight is 497 g/mol. The Balaban J connectivity index is 1.55. The number of ether oxygens (including phenoxy) is 1. The van der Waals surface area contributed by atoms with Crippen LogP contribution in [0.2, 0.25) is 0 Å². The molecule has 0 saturated heterocycles. The maximum Gasteiger partial charge on any atom is 0.269 e. The minimum Gasteiger partial charge on any atom is -0.497 e. The van der Waals surface area contributed by atoms with Gasteiger partial charge in [-0.05, 0) is 54.5 Å². The smallest absolute Gasteiger partial charge is 0.269 e. The first-order valence-corrected chi connectivity index (χ1v) is 11.2. The van der Waals surface area contributed by atoms with Gasteiger partial charge in [-0.3, -0.25) is 10.1 Å². The number of methoxy groups -OCH3 is 1. The van der Waals surface area contributed by atoms with Crippen LogP contribution in [0.5, 0.6) is 5.75 Å². The molecule has 0 unspecified atom stereocenters. The van der Waals surface area contributed by atoms with E-state index in [-0.39, 0.29) is 23.5 Å². The molecule has 0 aliphatic heterocycles. The number of aromatic nitrogens is 3. The number of nitro benzene ring substituents is 1. The lowest BCUT2D eigenvalue weighted by molar-refractivity contribution is -0.384. The Morgan fingerprint density at radius 3 is 2.00 bits per heavy atom. The number of rotatable bonds is 10. The van der Waals surface area contributed by atoms with Gasteiger partial charge >= 0.3 is 0 Å². The molecule has 0 spiro atoms. The minimum atomic E-state index is -0.460. The summed E-state index contributed by atoms with van der Waals surface area (Å²) < 4.78 is 5.20. The van der Waals surface area contributed by atoms with E-state index in [1.807, 2.05) is 67.6 Å². The van der Waals surface area contributed by atoms with E-state index >= 15 is 0 Å². The van der Waals surface area contributed by atoms with E-state index in [1.54, 1.807) is 25.5 Å². The van der Waals surface area contributed by atoms with Gasteiger partial charge in [0.2, 0.25) is 17.8 Å². The molecule has 11 nitrogen and oxygen atoms in total. The highest BCUT2D eigenvalue weighted by Crippen LogP contribution is 2.22. The van der Waals surface area contributed by atoms with Gasteiger partial charge in [-0.15, -0.1) is 0 Å². The van der Waals surface area contributed by atoms with Gasteiger partial charge in [0.25, 0.3) is 5.69 Å². The Kier molecular flexibility index (Phi) is 7.97. The second-order valence-corrected chi connectivity index (χ2v) is 7.76. The van der Waals surface area contributed by atoms with Crippen molar-refractivity contribution in [2.24, 2.45) is 5.10 Å². The Labute approximate surface area is 213 Å². The molecule has 11 heteroatoms. The van der Waals surface area contributed by atoms with E-state index in [0.29, 0.717) is 5.69 Å². The number of hydrogen-bond donors (Lipinski definition) is 3. The summed E-state index contributed by atoms with van der Waals surface area (Å²) in [6.45, 7) is 1.93. The monoisotopic (exact) mass is 496 g/mol. The summed E-state index contributed by atoms with van der Waals surface area (Å²) in [4.78, 5) is 23.6. The summed E-state index contributed by atoms with van der Waals surface area (Å²) in [5.74, 6) is 1.39. The van der Waals surface area contributed by atoms with Crippen molar-refractivity contribution in [1.29, 1.82) is 0 Å². The fourth-order valence-electron chi connectivity index (χ4n) is 3.18. The van der Waals surface area contributed by atoms with E-state index in [2.05, 4.69) is 36.1 Å². The second-order valence-electron chi connectivity index (χ2n) is 7.76. The second kappa shape index (κ2) is 11.9. The molecule has 0 atom stereocenters. The van der Waals surface area contributed by atoms with Crippen molar-refractivity contribution in [3.05, 3.63) is 100 Å². The van der Waals surface area contributed by atoms with Crippen molar-refractivity contribution in [1.82, 2.24) is 15.0 Å². The quantitative estimate of drug-likeness (QED) is 0.142. The molecule has 0 aliphatic carbocycles. The number of non-ortho nitro benzene ring substituents is 1. The molecule has 0 aliphatic rings.